The molecule has 2 aromatic rings. The van der Waals surface area contributed by atoms with Crippen molar-refractivity contribution in [3.8, 4) is 0 Å². The van der Waals surface area contributed by atoms with Crippen molar-refractivity contribution in [3.63, 3.8) is 0 Å². The summed E-state index contributed by atoms with van der Waals surface area (Å²) in [5.74, 6) is -1.13. The highest BCUT2D eigenvalue weighted by atomic mass is 35.5. The third-order valence-corrected chi connectivity index (χ3v) is 4.12. The van der Waals surface area contributed by atoms with E-state index in [0.717, 1.165) is 11.1 Å². The van der Waals surface area contributed by atoms with Gasteiger partial charge in [-0.3, -0.25) is 4.79 Å². The predicted octanol–water partition coefficient (Wildman–Crippen LogP) is 4.41. The van der Waals surface area contributed by atoms with Gasteiger partial charge in [0.1, 0.15) is 0 Å². The normalized spacial score (nSPS) is 10.3. The molecule has 4 nitrogen and oxygen atoms in total. The van der Waals surface area contributed by atoms with Crippen LogP contribution < -0.4 is 5.32 Å². The lowest BCUT2D eigenvalue weighted by molar-refractivity contribution is -0.119. The number of carbonyl (C=O) groups is 2. The van der Waals surface area contributed by atoms with Gasteiger partial charge in [-0.2, -0.15) is 0 Å². The molecule has 6 heteroatoms. The Bertz CT molecular complexity index is 759. The zero-order chi connectivity index (χ0) is 17.0. The van der Waals surface area contributed by atoms with E-state index in [1.165, 1.54) is 6.07 Å². The van der Waals surface area contributed by atoms with Crippen LogP contribution in [0, 0.1) is 13.8 Å². The Balaban J connectivity index is 1.94. The number of hydrogen-bond acceptors (Lipinski definition) is 3. The fourth-order valence-corrected chi connectivity index (χ4v) is 2.26. The first kappa shape index (κ1) is 17.3. The Morgan fingerprint density at radius 1 is 1.09 bits per heavy atom. The van der Waals surface area contributed by atoms with Gasteiger partial charge in [0.05, 0.1) is 15.6 Å². The van der Waals surface area contributed by atoms with Crippen molar-refractivity contribution in [2.75, 3.05) is 11.9 Å². The standard InChI is InChI=1S/C17H15Cl2NO3/c1-10-6-7-12(8-11(10)2)20-15(21)9-23-17(22)13-4-3-5-14(18)16(13)19/h3-8H,9H2,1-2H3,(H,20,21). The monoisotopic (exact) mass is 351 g/mol. The molecule has 1 N–H and O–H groups in total. The number of aryl methyl sites for hydroxylation is 2. The van der Waals surface area contributed by atoms with Crippen molar-refractivity contribution in [2.24, 2.45) is 0 Å². The molecule has 0 fully saturated rings. The molecule has 1 amide bonds. The molecule has 0 heterocycles. The number of anilines is 1. The van der Waals surface area contributed by atoms with Gasteiger partial charge in [0.15, 0.2) is 6.61 Å². The number of halogens is 2. The number of amides is 1. The summed E-state index contributed by atoms with van der Waals surface area (Å²) in [5, 5.41) is 3.02. The third-order valence-electron chi connectivity index (χ3n) is 3.30. The average Bonchev–Trinajstić information content (AvgIpc) is 2.51. The van der Waals surface area contributed by atoms with Gasteiger partial charge in [-0.15, -0.1) is 0 Å². The maximum atomic E-state index is 11.9. The van der Waals surface area contributed by atoms with Crippen molar-refractivity contribution >= 4 is 40.8 Å². The fourth-order valence-electron chi connectivity index (χ4n) is 1.89. The van der Waals surface area contributed by atoms with E-state index in [1.807, 2.05) is 26.0 Å². The molecule has 120 valence electrons. The Kier molecular flexibility index (Phi) is 5.64. The van der Waals surface area contributed by atoms with Crippen LogP contribution in [0.4, 0.5) is 5.69 Å². The molecule has 2 aromatic carbocycles. The largest absolute Gasteiger partial charge is 0.452 e. The van der Waals surface area contributed by atoms with Gasteiger partial charge in [-0.05, 0) is 49.2 Å². The highest BCUT2D eigenvalue weighted by Gasteiger charge is 2.15. The van der Waals surface area contributed by atoms with Crippen LogP contribution in [0.3, 0.4) is 0 Å². The van der Waals surface area contributed by atoms with Crippen LogP contribution in [-0.2, 0) is 9.53 Å². The molecule has 23 heavy (non-hydrogen) atoms. The third kappa shape index (κ3) is 4.47. The van der Waals surface area contributed by atoms with Crippen molar-refractivity contribution in [3.05, 3.63) is 63.1 Å². The first-order chi connectivity index (χ1) is 10.9. The molecule has 0 saturated heterocycles. The number of hydrogen-bond donors (Lipinski definition) is 1. The molecule has 0 saturated carbocycles. The summed E-state index contributed by atoms with van der Waals surface area (Å²) in [6.07, 6.45) is 0. The zero-order valence-corrected chi connectivity index (χ0v) is 14.2. The second-order valence-electron chi connectivity index (χ2n) is 5.02. The minimum absolute atomic E-state index is 0.105. The van der Waals surface area contributed by atoms with Crippen LogP contribution in [0.25, 0.3) is 0 Å². The summed E-state index contributed by atoms with van der Waals surface area (Å²) in [4.78, 5) is 23.8. The predicted molar refractivity (Wildman–Crippen MR) is 91.3 cm³/mol. The van der Waals surface area contributed by atoms with Gasteiger partial charge >= 0.3 is 5.97 Å². The van der Waals surface area contributed by atoms with Crippen molar-refractivity contribution < 1.29 is 14.3 Å². The van der Waals surface area contributed by atoms with Gasteiger partial charge < -0.3 is 10.1 Å². The summed E-state index contributed by atoms with van der Waals surface area (Å²) in [6, 6.07) is 10.2. The topological polar surface area (TPSA) is 55.4 Å². The van der Waals surface area contributed by atoms with Crippen LogP contribution >= 0.6 is 23.2 Å². The number of rotatable bonds is 4. The molecule has 0 aliphatic heterocycles. The second-order valence-corrected chi connectivity index (χ2v) is 5.81. The Morgan fingerprint density at radius 3 is 2.52 bits per heavy atom. The van der Waals surface area contributed by atoms with Crippen LogP contribution in [0.5, 0.6) is 0 Å². The van der Waals surface area contributed by atoms with E-state index in [1.54, 1.807) is 18.2 Å². The lowest BCUT2D eigenvalue weighted by Crippen LogP contribution is -2.21. The van der Waals surface area contributed by atoms with Crippen molar-refractivity contribution in [1.82, 2.24) is 0 Å². The van der Waals surface area contributed by atoms with E-state index < -0.39 is 18.5 Å². The molecule has 0 spiro atoms. The van der Waals surface area contributed by atoms with E-state index in [2.05, 4.69) is 5.32 Å². The smallest absolute Gasteiger partial charge is 0.340 e. The van der Waals surface area contributed by atoms with Gasteiger partial charge in [0.25, 0.3) is 5.91 Å². The average molecular weight is 352 g/mol. The SMILES string of the molecule is Cc1ccc(NC(=O)COC(=O)c2cccc(Cl)c2Cl)cc1C. The van der Waals surface area contributed by atoms with E-state index in [4.69, 9.17) is 27.9 Å². The molecular formula is C17H15Cl2NO3. The zero-order valence-electron chi connectivity index (χ0n) is 12.7. The molecule has 0 aliphatic rings. The number of carbonyl (C=O) groups excluding carboxylic acids is 2. The number of esters is 1. The minimum atomic E-state index is -0.701. The van der Waals surface area contributed by atoms with E-state index in [0.29, 0.717) is 5.69 Å². The maximum absolute atomic E-state index is 11.9. The second kappa shape index (κ2) is 7.49. The van der Waals surface area contributed by atoms with E-state index in [9.17, 15) is 9.59 Å². The Hall–Kier alpha value is -2.04. The molecule has 0 aromatic heterocycles. The minimum Gasteiger partial charge on any atom is -0.452 e. The molecule has 0 unspecified atom stereocenters. The van der Waals surface area contributed by atoms with Crippen LogP contribution in [-0.4, -0.2) is 18.5 Å². The highest BCUT2D eigenvalue weighted by Crippen LogP contribution is 2.26. The Labute approximate surface area is 144 Å². The van der Waals surface area contributed by atoms with E-state index in [-0.39, 0.29) is 15.6 Å². The van der Waals surface area contributed by atoms with Crippen LogP contribution in [0.15, 0.2) is 36.4 Å². The molecule has 0 aliphatic carbocycles. The Morgan fingerprint density at radius 2 is 1.83 bits per heavy atom. The summed E-state index contributed by atoms with van der Waals surface area (Å²) >= 11 is 11.8. The summed E-state index contributed by atoms with van der Waals surface area (Å²) in [6.45, 7) is 3.53. The maximum Gasteiger partial charge on any atom is 0.340 e. The van der Waals surface area contributed by atoms with Crippen molar-refractivity contribution in [2.45, 2.75) is 13.8 Å². The van der Waals surface area contributed by atoms with Crippen LogP contribution in [0.1, 0.15) is 21.5 Å². The molecule has 0 bridgehead atoms. The van der Waals surface area contributed by atoms with Gasteiger partial charge in [0.2, 0.25) is 0 Å². The lowest BCUT2D eigenvalue weighted by atomic mass is 10.1. The number of ether oxygens (including phenoxy) is 1. The summed E-state index contributed by atoms with van der Waals surface area (Å²) < 4.78 is 4.96. The first-order valence-corrected chi connectivity index (χ1v) is 7.62. The summed E-state index contributed by atoms with van der Waals surface area (Å²) in [5.41, 5.74) is 2.96. The molecular weight excluding hydrogens is 337 g/mol. The fraction of sp³-hybridized carbons (Fsp3) is 0.176. The van der Waals surface area contributed by atoms with Gasteiger partial charge in [-0.25, -0.2) is 4.79 Å². The van der Waals surface area contributed by atoms with Gasteiger partial charge in [0, 0.05) is 5.69 Å². The lowest BCUT2D eigenvalue weighted by Gasteiger charge is -2.09. The van der Waals surface area contributed by atoms with Crippen LogP contribution in [0.2, 0.25) is 10.0 Å². The molecule has 0 atom stereocenters. The van der Waals surface area contributed by atoms with Gasteiger partial charge in [-0.1, -0.05) is 35.3 Å². The number of nitrogens with one attached hydrogen (secondary N) is 1. The molecule has 2 rings (SSSR count). The highest BCUT2D eigenvalue weighted by molar-refractivity contribution is 6.43. The first-order valence-electron chi connectivity index (χ1n) is 6.86. The molecule has 0 radical (unpaired) electrons. The quantitative estimate of drug-likeness (QED) is 0.830. The van der Waals surface area contributed by atoms with Crippen molar-refractivity contribution in [1.29, 1.82) is 0 Å². The summed E-state index contributed by atoms with van der Waals surface area (Å²) in [7, 11) is 0. The number of benzene rings is 2. The van der Waals surface area contributed by atoms with E-state index >= 15 is 0 Å².